The summed E-state index contributed by atoms with van der Waals surface area (Å²) >= 11 is 0. The third-order valence-corrected chi connectivity index (χ3v) is 4.21. The zero-order chi connectivity index (χ0) is 15.5. The molecule has 6 nitrogen and oxygen atoms in total. The van der Waals surface area contributed by atoms with Crippen LogP contribution in [0.3, 0.4) is 0 Å². The standard InChI is InChI=1S/C16H21N3O3/c20-11(8-14-15(21)6-3-7-17-14)9-19-10-18-13-5-2-1-4-12(13)16(19)22/h1-2,4-5,10-11,14-15,17,20-21H,3,6-9H2/t11?,14-,15+/m1/s1. The normalized spacial score (nSPS) is 23.5. The van der Waals surface area contributed by atoms with E-state index >= 15 is 0 Å². The number of aliphatic hydroxyl groups excluding tert-OH is 2. The van der Waals surface area contributed by atoms with Crippen molar-refractivity contribution >= 4 is 10.9 Å². The van der Waals surface area contributed by atoms with Gasteiger partial charge in [0.05, 0.1) is 36.0 Å². The van der Waals surface area contributed by atoms with Crippen molar-refractivity contribution in [1.29, 1.82) is 0 Å². The number of aliphatic hydroxyl groups is 2. The molecule has 3 atom stereocenters. The second kappa shape index (κ2) is 6.56. The molecule has 0 amide bonds. The number of benzene rings is 1. The quantitative estimate of drug-likeness (QED) is 0.754. The van der Waals surface area contributed by atoms with E-state index in [1.165, 1.54) is 10.9 Å². The van der Waals surface area contributed by atoms with Gasteiger partial charge in [-0.1, -0.05) is 12.1 Å². The molecule has 6 heteroatoms. The number of nitrogens with one attached hydrogen (secondary N) is 1. The molecule has 118 valence electrons. The summed E-state index contributed by atoms with van der Waals surface area (Å²) in [5.41, 5.74) is 0.504. The highest BCUT2D eigenvalue weighted by molar-refractivity contribution is 5.76. The van der Waals surface area contributed by atoms with E-state index in [1.54, 1.807) is 18.2 Å². The molecule has 1 saturated heterocycles. The van der Waals surface area contributed by atoms with Crippen LogP contribution in [0.15, 0.2) is 35.4 Å². The van der Waals surface area contributed by atoms with Crippen molar-refractivity contribution in [3.05, 3.63) is 40.9 Å². The maximum absolute atomic E-state index is 12.4. The van der Waals surface area contributed by atoms with Gasteiger partial charge in [-0.25, -0.2) is 4.98 Å². The molecule has 2 heterocycles. The number of nitrogens with zero attached hydrogens (tertiary/aromatic N) is 2. The van der Waals surface area contributed by atoms with Gasteiger partial charge in [0.15, 0.2) is 0 Å². The molecule has 1 aromatic heterocycles. The summed E-state index contributed by atoms with van der Waals surface area (Å²) in [6, 6.07) is 7.05. The van der Waals surface area contributed by atoms with Crippen molar-refractivity contribution in [1.82, 2.24) is 14.9 Å². The van der Waals surface area contributed by atoms with E-state index < -0.39 is 12.2 Å². The van der Waals surface area contributed by atoms with Crippen molar-refractivity contribution in [3.63, 3.8) is 0 Å². The van der Waals surface area contributed by atoms with Gasteiger partial charge in [0.2, 0.25) is 0 Å². The van der Waals surface area contributed by atoms with E-state index in [0.717, 1.165) is 19.4 Å². The van der Waals surface area contributed by atoms with E-state index in [0.29, 0.717) is 17.3 Å². The molecule has 22 heavy (non-hydrogen) atoms. The lowest BCUT2D eigenvalue weighted by atomic mass is 9.96. The van der Waals surface area contributed by atoms with Gasteiger partial charge >= 0.3 is 0 Å². The smallest absolute Gasteiger partial charge is 0.261 e. The minimum atomic E-state index is -0.703. The van der Waals surface area contributed by atoms with E-state index in [2.05, 4.69) is 10.3 Å². The van der Waals surface area contributed by atoms with Gasteiger partial charge in [-0.15, -0.1) is 0 Å². The molecule has 3 N–H and O–H groups in total. The summed E-state index contributed by atoms with van der Waals surface area (Å²) in [7, 11) is 0. The van der Waals surface area contributed by atoms with Crippen LogP contribution in [0, 0.1) is 0 Å². The predicted molar refractivity (Wildman–Crippen MR) is 83.7 cm³/mol. The minimum absolute atomic E-state index is 0.118. The van der Waals surface area contributed by atoms with Crippen LogP contribution >= 0.6 is 0 Å². The highest BCUT2D eigenvalue weighted by Gasteiger charge is 2.25. The largest absolute Gasteiger partial charge is 0.392 e. The van der Waals surface area contributed by atoms with Gasteiger partial charge in [0, 0.05) is 6.04 Å². The molecule has 3 rings (SSSR count). The monoisotopic (exact) mass is 303 g/mol. The summed E-state index contributed by atoms with van der Waals surface area (Å²) in [6.07, 6.45) is 2.45. The third kappa shape index (κ3) is 3.19. The Morgan fingerprint density at radius 1 is 1.41 bits per heavy atom. The third-order valence-electron chi connectivity index (χ3n) is 4.21. The maximum atomic E-state index is 12.4. The molecule has 1 fully saturated rings. The molecule has 0 aliphatic carbocycles. The Labute approximate surface area is 128 Å². The Morgan fingerprint density at radius 3 is 3.05 bits per heavy atom. The maximum Gasteiger partial charge on any atom is 0.261 e. The summed E-state index contributed by atoms with van der Waals surface area (Å²) in [5, 5.41) is 23.9. The average molecular weight is 303 g/mol. The lowest BCUT2D eigenvalue weighted by molar-refractivity contribution is 0.0539. The second-order valence-electron chi connectivity index (χ2n) is 5.88. The first-order valence-corrected chi connectivity index (χ1v) is 7.69. The molecule has 0 radical (unpaired) electrons. The Hall–Kier alpha value is -1.76. The van der Waals surface area contributed by atoms with Crippen LogP contribution in [0.25, 0.3) is 10.9 Å². The van der Waals surface area contributed by atoms with Crippen LogP contribution in [0.1, 0.15) is 19.3 Å². The molecular weight excluding hydrogens is 282 g/mol. The Balaban J connectivity index is 1.72. The molecule has 1 unspecified atom stereocenters. The first kappa shape index (κ1) is 15.1. The second-order valence-corrected chi connectivity index (χ2v) is 5.88. The number of hydrogen-bond acceptors (Lipinski definition) is 5. The van der Waals surface area contributed by atoms with Crippen LogP contribution in [0.4, 0.5) is 0 Å². The summed E-state index contributed by atoms with van der Waals surface area (Å²) < 4.78 is 1.43. The minimum Gasteiger partial charge on any atom is -0.392 e. The van der Waals surface area contributed by atoms with E-state index in [-0.39, 0.29) is 18.1 Å². The predicted octanol–water partition coefficient (Wildman–Crippen LogP) is 0.260. The summed E-state index contributed by atoms with van der Waals surface area (Å²) in [6.45, 7) is 1.04. The fourth-order valence-electron chi connectivity index (χ4n) is 3.01. The number of para-hydroxylation sites is 1. The number of aromatic nitrogens is 2. The van der Waals surface area contributed by atoms with E-state index in [4.69, 9.17) is 0 Å². The SMILES string of the molecule is O=c1c2ccccc2ncn1CC(O)C[C@H]1NCCC[C@@H]1O. The van der Waals surface area contributed by atoms with Crippen LogP contribution < -0.4 is 10.9 Å². The number of piperidine rings is 1. The van der Waals surface area contributed by atoms with Crippen molar-refractivity contribution < 1.29 is 10.2 Å². The molecule has 1 aliphatic rings. The van der Waals surface area contributed by atoms with Gasteiger partial charge in [0.25, 0.3) is 5.56 Å². The van der Waals surface area contributed by atoms with Gasteiger partial charge in [-0.2, -0.15) is 0 Å². The van der Waals surface area contributed by atoms with Gasteiger partial charge in [0.1, 0.15) is 0 Å². The van der Waals surface area contributed by atoms with Crippen LogP contribution in [-0.2, 0) is 6.54 Å². The molecule has 0 saturated carbocycles. The molecular formula is C16H21N3O3. The van der Waals surface area contributed by atoms with Gasteiger partial charge in [-0.05, 0) is 37.9 Å². The number of rotatable bonds is 4. The van der Waals surface area contributed by atoms with Crippen LogP contribution in [0.2, 0.25) is 0 Å². The Morgan fingerprint density at radius 2 is 2.23 bits per heavy atom. The fraction of sp³-hybridized carbons (Fsp3) is 0.500. The molecule has 1 aromatic carbocycles. The van der Waals surface area contributed by atoms with Crippen LogP contribution in [0.5, 0.6) is 0 Å². The van der Waals surface area contributed by atoms with Gasteiger partial charge in [-0.3, -0.25) is 9.36 Å². The van der Waals surface area contributed by atoms with Crippen LogP contribution in [-0.4, -0.2) is 44.6 Å². The average Bonchev–Trinajstić information content (AvgIpc) is 2.53. The Kier molecular flexibility index (Phi) is 4.52. The van der Waals surface area contributed by atoms with Crippen molar-refractivity contribution in [2.45, 2.75) is 44.1 Å². The topological polar surface area (TPSA) is 87.4 Å². The lowest BCUT2D eigenvalue weighted by Gasteiger charge is -2.30. The number of hydrogen-bond donors (Lipinski definition) is 3. The van der Waals surface area contributed by atoms with Crippen molar-refractivity contribution in [2.24, 2.45) is 0 Å². The molecule has 0 spiro atoms. The summed E-state index contributed by atoms with van der Waals surface area (Å²) in [4.78, 5) is 16.6. The highest BCUT2D eigenvalue weighted by atomic mass is 16.3. The summed E-state index contributed by atoms with van der Waals surface area (Å²) in [5.74, 6) is 0. The first-order valence-electron chi connectivity index (χ1n) is 7.69. The van der Waals surface area contributed by atoms with E-state index in [1.807, 2.05) is 6.07 Å². The lowest BCUT2D eigenvalue weighted by Crippen LogP contribution is -2.47. The molecule has 1 aliphatic heterocycles. The zero-order valence-corrected chi connectivity index (χ0v) is 12.4. The Bertz CT molecular complexity index is 700. The van der Waals surface area contributed by atoms with Gasteiger partial charge < -0.3 is 15.5 Å². The van der Waals surface area contributed by atoms with E-state index in [9.17, 15) is 15.0 Å². The van der Waals surface area contributed by atoms with Crippen molar-refractivity contribution in [3.8, 4) is 0 Å². The fourth-order valence-corrected chi connectivity index (χ4v) is 3.01. The molecule has 0 bridgehead atoms. The zero-order valence-electron chi connectivity index (χ0n) is 12.4. The van der Waals surface area contributed by atoms with Crippen molar-refractivity contribution in [2.75, 3.05) is 6.54 Å². The number of fused-ring (bicyclic) bond motifs is 1. The molecule has 2 aromatic rings. The highest BCUT2D eigenvalue weighted by Crippen LogP contribution is 2.14. The first-order chi connectivity index (χ1) is 10.6.